The number of hydrogen-bond acceptors (Lipinski definition) is 5. The average molecular weight is 613 g/mol. The highest BCUT2D eigenvalue weighted by Gasteiger charge is 2.44. The van der Waals surface area contributed by atoms with Crippen LogP contribution in [0.4, 0.5) is 13.2 Å². The van der Waals surface area contributed by atoms with Crippen molar-refractivity contribution in [1.82, 2.24) is 19.4 Å². The van der Waals surface area contributed by atoms with Crippen molar-refractivity contribution >= 4 is 17.0 Å². The van der Waals surface area contributed by atoms with E-state index in [1.165, 1.54) is 18.2 Å². The fraction of sp³-hybridized carbons (Fsp3) is 0.286. The number of rotatable bonds is 9. The minimum atomic E-state index is -1.04. The zero-order valence-electron chi connectivity index (χ0n) is 24.7. The summed E-state index contributed by atoms with van der Waals surface area (Å²) in [5.41, 5.74) is 2.91. The number of aromatic carboxylic acids is 1. The van der Waals surface area contributed by atoms with E-state index in [-0.39, 0.29) is 52.5 Å². The molecular formula is C35H31F3N4O3. The van der Waals surface area contributed by atoms with Crippen LogP contribution in [0, 0.1) is 29.8 Å². The molecule has 4 heterocycles. The number of carboxylic acids is 1. The van der Waals surface area contributed by atoms with Gasteiger partial charge in [-0.15, -0.1) is 0 Å². The lowest BCUT2D eigenvalue weighted by Gasteiger charge is -2.27. The number of aryl methyl sites for hydroxylation is 1. The van der Waals surface area contributed by atoms with Crippen LogP contribution >= 0.6 is 0 Å². The third-order valence-corrected chi connectivity index (χ3v) is 9.11. The summed E-state index contributed by atoms with van der Waals surface area (Å²) in [7, 11) is 0. The van der Waals surface area contributed by atoms with Crippen LogP contribution < -0.4 is 4.74 Å². The lowest BCUT2D eigenvalue weighted by Crippen LogP contribution is -2.26. The maximum Gasteiger partial charge on any atom is 0.335 e. The normalized spacial score (nSPS) is 19.0. The Labute approximate surface area is 257 Å². The summed E-state index contributed by atoms with van der Waals surface area (Å²) in [6.45, 7) is 5.36. The average Bonchev–Trinajstić information content (AvgIpc) is 3.72. The van der Waals surface area contributed by atoms with Crippen LogP contribution in [0.15, 0.2) is 66.7 Å². The second-order valence-corrected chi connectivity index (χ2v) is 12.2. The number of piperidine rings is 1. The summed E-state index contributed by atoms with van der Waals surface area (Å²) in [6.07, 6.45) is 2.08. The number of carbonyl (C=O) groups is 1. The maximum atomic E-state index is 15.7. The Kier molecular flexibility index (Phi) is 7.32. The zero-order chi connectivity index (χ0) is 31.3. The molecule has 0 aliphatic carbocycles. The first kappa shape index (κ1) is 29.0. The van der Waals surface area contributed by atoms with E-state index in [9.17, 15) is 14.3 Å². The molecule has 45 heavy (non-hydrogen) atoms. The quantitative estimate of drug-likeness (QED) is 0.198. The van der Waals surface area contributed by atoms with Crippen molar-refractivity contribution in [3.8, 4) is 17.1 Å². The van der Waals surface area contributed by atoms with Gasteiger partial charge in [-0.3, -0.25) is 0 Å². The van der Waals surface area contributed by atoms with Gasteiger partial charge in [0.05, 0.1) is 22.3 Å². The van der Waals surface area contributed by atoms with E-state index in [1.807, 2.05) is 4.57 Å². The smallest absolute Gasteiger partial charge is 0.335 e. The van der Waals surface area contributed by atoms with Crippen LogP contribution in [0.1, 0.15) is 45.7 Å². The molecule has 0 spiro atoms. The molecular weight excluding hydrogens is 581 g/mol. The molecule has 2 aromatic heterocycles. The fourth-order valence-corrected chi connectivity index (χ4v) is 6.63. The molecule has 0 radical (unpaired) electrons. The van der Waals surface area contributed by atoms with E-state index in [4.69, 9.17) is 9.72 Å². The number of aromatic nitrogens is 3. The molecule has 5 aromatic rings. The Morgan fingerprint density at radius 3 is 2.47 bits per heavy atom. The van der Waals surface area contributed by atoms with Gasteiger partial charge in [-0.05, 0) is 86.4 Å². The van der Waals surface area contributed by atoms with Gasteiger partial charge in [0.25, 0.3) is 0 Å². The molecule has 7 nitrogen and oxygen atoms in total. The van der Waals surface area contributed by atoms with Crippen molar-refractivity contribution in [1.29, 1.82) is 0 Å². The molecule has 3 aromatic carbocycles. The van der Waals surface area contributed by atoms with E-state index >= 15 is 8.78 Å². The van der Waals surface area contributed by atoms with Crippen molar-refractivity contribution < 1.29 is 27.8 Å². The first-order valence-electron chi connectivity index (χ1n) is 14.9. The van der Waals surface area contributed by atoms with E-state index in [0.717, 1.165) is 44.1 Å². The molecule has 0 amide bonds. The number of ether oxygens (including phenoxy) is 1. The minimum Gasteiger partial charge on any atom is -0.478 e. The summed E-state index contributed by atoms with van der Waals surface area (Å²) in [6, 6.07) is 16.7. The van der Waals surface area contributed by atoms with Crippen molar-refractivity contribution in [2.45, 2.75) is 39.3 Å². The number of nitrogens with zero attached hydrogens (tertiary/aromatic N) is 4. The zero-order valence-corrected chi connectivity index (χ0v) is 24.7. The minimum absolute atomic E-state index is 0.0264. The summed E-state index contributed by atoms with van der Waals surface area (Å²) in [5.74, 6) is -1.99. The number of carboxylic acid groups (broad SMARTS) is 1. The Bertz CT molecular complexity index is 1950. The van der Waals surface area contributed by atoms with Gasteiger partial charge in [-0.25, -0.2) is 27.9 Å². The highest BCUT2D eigenvalue weighted by atomic mass is 19.1. The first-order chi connectivity index (χ1) is 21.7. The standard InChI is InChI=1S/C35H31F3N4O3/c1-21-5-6-23(26(36)13-21)18-45-33-4-2-3-29(40-33)25-17-27(37)24(14-28(25)38)16-32-39-30-8-7-22(34(43)44)15-31(30)42(32)20-35-9-11-41(19-35)12-10-35/h2-8,13-15,17H,9-12,16,18-20H2,1H3,(H,43,44). The lowest BCUT2D eigenvalue weighted by atomic mass is 9.84. The van der Waals surface area contributed by atoms with Gasteiger partial charge < -0.3 is 19.3 Å². The molecule has 0 saturated carbocycles. The van der Waals surface area contributed by atoms with E-state index < -0.39 is 17.6 Å². The van der Waals surface area contributed by atoms with Gasteiger partial charge in [0.15, 0.2) is 0 Å². The molecule has 7 rings (SSSR count). The number of imidazole rings is 1. The third kappa shape index (κ3) is 5.66. The highest BCUT2D eigenvalue weighted by molar-refractivity contribution is 5.92. The van der Waals surface area contributed by atoms with Gasteiger partial charge in [-0.2, -0.15) is 0 Å². The predicted octanol–water partition coefficient (Wildman–Crippen LogP) is 6.79. The highest BCUT2D eigenvalue weighted by Crippen LogP contribution is 2.43. The van der Waals surface area contributed by atoms with Crippen molar-refractivity contribution in [3.63, 3.8) is 0 Å². The topological polar surface area (TPSA) is 80.5 Å². The van der Waals surface area contributed by atoms with Gasteiger partial charge in [0, 0.05) is 42.1 Å². The second-order valence-electron chi connectivity index (χ2n) is 12.2. The monoisotopic (exact) mass is 612 g/mol. The second kappa shape index (κ2) is 11.3. The van der Waals surface area contributed by atoms with Crippen LogP contribution in [-0.4, -0.2) is 50.1 Å². The molecule has 2 bridgehead atoms. The Balaban J connectivity index is 1.18. The van der Waals surface area contributed by atoms with Gasteiger partial charge in [-0.1, -0.05) is 18.2 Å². The largest absolute Gasteiger partial charge is 0.478 e. The van der Waals surface area contributed by atoms with Crippen LogP contribution in [0.5, 0.6) is 5.88 Å². The van der Waals surface area contributed by atoms with Gasteiger partial charge >= 0.3 is 5.97 Å². The van der Waals surface area contributed by atoms with Gasteiger partial charge in [0.2, 0.25) is 5.88 Å². The molecule has 230 valence electrons. The van der Waals surface area contributed by atoms with E-state index in [2.05, 4.69) is 9.88 Å². The van der Waals surface area contributed by atoms with Crippen molar-refractivity contribution in [3.05, 3.63) is 112 Å². The molecule has 1 N–H and O–H groups in total. The summed E-state index contributed by atoms with van der Waals surface area (Å²) in [5, 5.41) is 9.62. The summed E-state index contributed by atoms with van der Waals surface area (Å²) >= 11 is 0. The Hall–Kier alpha value is -4.70. The van der Waals surface area contributed by atoms with E-state index in [0.29, 0.717) is 29.0 Å². The van der Waals surface area contributed by atoms with Crippen LogP contribution in [0.25, 0.3) is 22.3 Å². The molecule has 10 heteroatoms. The number of hydrogen-bond donors (Lipinski definition) is 1. The molecule has 2 aliphatic heterocycles. The number of benzene rings is 3. The van der Waals surface area contributed by atoms with Crippen molar-refractivity contribution in [2.75, 3.05) is 19.6 Å². The van der Waals surface area contributed by atoms with Gasteiger partial charge in [0.1, 0.15) is 29.9 Å². The third-order valence-electron chi connectivity index (χ3n) is 9.11. The maximum absolute atomic E-state index is 15.7. The Morgan fingerprint density at radius 1 is 0.933 bits per heavy atom. The predicted molar refractivity (Wildman–Crippen MR) is 163 cm³/mol. The molecule has 0 atom stereocenters. The molecule has 0 unspecified atom stereocenters. The molecule has 2 fully saturated rings. The lowest BCUT2D eigenvalue weighted by molar-refractivity contribution is 0.0697. The Morgan fingerprint density at radius 2 is 1.73 bits per heavy atom. The number of halogens is 3. The first-order valence-corrected chi connectivity index (χ1v) is 14.9. The summed E-state index contributed by atoms with van der Waals surface area (Å²) in [4.78, 5) is 23.3. The van der Waals surface area contributed by atoms with Crippen LogP contribution in [-0.2, 0) is 19.6 Å². The number of fused-ring (bicyclic) bond motifs is 3. The van der Waals surface area contributed by atoms with Crippen LogP contribution in [0.3, 0.4) is 0 Å². The number of pyridine rings is 1. The fourth-order valence-electron chi connectivity index (χ4n) is 6.63. The van der Waals surface area contributed by atoms with Crippen LogP contribution in [0.2, 0.25) is 0 Å². The summed E-state index contributed by atoms with van der Waals surface area (Å²) < 4.78 is 53.2. The van der Waals surface area contributed by atoms with E-state index in [1.54, 1.807) is 49.4 Å². The molecule has 2 aliphatic rings. The molecule has 2 saturated heterocycles. The van der Waals surface area contributed by atoms with Crippen molar-refractivity contribution in [2.24, 2.45) is 5.41 Å². The SMILES string of the molecule is Cc1ccc(COc2cccc(-c3cc(F)c(Cc4nc5ccc(C(=O)O)cc5n4CC45CCN(CC4)C5)cc3F)n2)c(F)c1.